The maximum Gasteiger partial charge on any atom is 0.311 e. The van der Waals surface area contributed by atoms with Crippen LogP contribution in [0.25, 0.3) is 0 Å². The standard InChI is InChI=1S/C11H10F4O2/c1-2-3-4-8(16)17-11-9(14)6(12)5-7(13)10(11)15/h5H,2-4H2,1H3. The third-order valence-corrected chi connectivity index (χ3v) is 2.02. The Morgan fingerprint density at radius 2 is 1.71 bits per heavy atom. The molecule has 0 heterocycles. The summed E-state index contributed by atoms with van der Waals surface area (Å²) < 4.78 is 55.9. The van der Waals surface area contributed by atoms with Crippen molar-refractivity contribution in [2.45, 2.75) is 26.2 Å². The van der Waals surface area contributed by atoms with Gasteiger partial charge in [-0.05, 0) is 6.42 Å². The smallest absolute Gasteiger partial charge is 0.311 e. The highest BCUT2D eigenvalue weighted by Gasteiger charge is 2.22. The summed E-state index contributed by atoms with van der Waals surface area (Å²) >= 11 is 0. The molecule has 0 bridgehead atoms. The van der Waals surface area contributed by atoms with Crippen molar-refractivity contribution in [3.63, 3.8) is 0 Å². The Kier molecular flexibility index (Phi) is 4.48. The minimum Gasteiger partial charge on any atom is -0.420 e. The lowest BCUT2D eigenvalue weighted by atomic mass is 10.2. The molecule has 1 aromatic rings. The molecule has 0 radical (unpaired) electrons. The van der Waals surface area contributed by atoms with Gasteiger partial charge in [-0.3, -0.25) is 4.79 Å². The summed E-state index contributed by atoms with van der Waals surface area (Å²) in [5.41, 5.74) is 0. The molecule has 0 amide bonds. The summed E-state index contributed by atoms with van der Waals surface area (Å²) in [5.74, 6) is -8.91. The Morgan fingerprint density at radius 1 is 1.18 bits per heavy atom. The third-order valence-electron chi connectivity index (χ3n) is 2.02. The number of benzene rings is 1. The van der Waals surface area contributed by atoms with Crippen LogP contribution >= 0.6 is 0 Å². The van der Waals surface area contributed by atoms with E-state index in [0.717, 1.165) is 0 Å². The minimum absolute atomic E-state index is 0.0496. The van der Waals surface area contributed by atoms with Crippen LogP contribution < -0.4 is 4.74 Å². The van der Waals surface area contributed by atoms with Gasteiger partial charge in [0.15, 0.2) is 11.6 Å². The molecule has 0 fully saturated rings. The minimum atomic E-state index is -1.71. The van der Waals surface area contributed by atoms with E-state index in [0.29, 0.717) is 12.8 Å². The van der Waals surface area contributed by atoms with Crippen molar-refractivity contribution in [2.75, 3.05) is 0 Å². The van der Waals surface area contributed by atoms with E-state index in [-0.39, 0.29) is 12.5 Å². The number of carbonyl (C=O) groups excluding carboxylic acids is 1. The van der Waals surface area contributed by atoms with Gasteiger partial charge >= 0.3 is 5.97 Å². The van der Waals surface area contributed by atoms with Crippen LogP contribution in [0.15, 0.2) is 6.07 Å². The molecular weight excluding hydrogens is 240 g/mol. The van der Waals surface area contributed by atoms with E-state index in [4.69, 9.17) is 0 Å². The molecule has 0 atom stereocenters. The normalized spacial score (nSPS) is 10.4. The van der Waals surface area contributed by atoms with E-state index in [1.54, 1.807) is 6.92 Å². The second kappa shape index (κ2) is 5.65. The van der Waals surface area contributed by atoms with E-state index in [2.05, 4.69) is 4.74 Å². The number of unbranched alkanes of at least 4 members (excludes halogenated alkanes) is 1. The molecule has 0 saturated carbocycles. The Labute approximate surface area is 95.2 Å². The van der Waals surface area contributed by atoms with Crippen molar-refractivity contribution < 1.29 is 27.1 Å². The fourth-order valence-electron chi connectivity index (χ4n) is 1.13. The van der Waals surface area contributed by atoms with E-state index in [1.807, 2.05) is 0 Å². The van der Waals surface area contributed by atoms with Crippen LogP contribution in [-0.4, -0.2) is 5.97 Å². The molecule has 0 aliphatic heterocycles. The zero-order valence-corrected chi connectivity index (χ0v) is 9.03. The predicted molar refractivity (Wildman–Crippen MR) is 51.4 cm³/mol. The summed E-state index contributed by atoms with van der Waals surface area (Å²) in [7, 11) is 0. The molecule has 0 N–H and O–H groups in total. The zero-order valence-electron chi connectivity index (χ0n) is 9.03. The fraction of sp³-hybridized carbons (Fsp3) is 0.364. The van der Waals surface area contributed by atoms with E-state index < -0.39 is 35.0 Å². The molecule has 2 nitrogen and oxygen atoms in total. The molecule has 0 aromatic heterocycles. The van der Waals surface area contributed by atoms with Crippen LogP contribution in [-0.2, 0) is 4.79 Å². The quantitative estimate of drug-likeness (QED) is 0.354. The molecule has 17 heavy (non-hydrogen) atoms. The number of halogens is 4. The van der Waals surface area contributed by atoms with Gasteiger partial charge in [0.1, 0.15) is 0 Å². The molecule has 0 aliphatic rings. The van der Waals surface area contributed by atoms with Crippen LogP contribution in [0.2, 0.25) is 0 Å². The lowest BCUT2D eigenvalue weighted by Gasteiger charge is -2.07. The van der Waals surface area contributed by atoms with E-state index in [9.17, 15) is 22.4 Å². The molecule has 1 rings (SSSR count). The van der Waals surface area contributed by atoms with Gasteiger partial charge in [-0.1, -0.05) is 13.3 Å². The Hall–Kier alpha value is -1.59. The number of rotatable bonds is 4. The number of hydrogen-bond acceptors (Lipinski definition) is 2. The molecule has 1 aromatic carbocycles. The number of hydrogen-bond donors (Lipinski definition) is 0. The molecule has 0 spiro atoms. The first kappa shape index (κ1) is 13.5. The number of esters is 1. The van der Waals surface area contributed by atoms with Gasteiger partial charge in [-0.15, -0.1) is 0 Å². The van der Waals surface area contributed by atoms with E-state index >= 15 is 0 Å². The maximum atomic E-state index is 13.1. The summed E-state index contributed by atoms with van der Waals surface area (Å²) in [5, 5.41) is 0. The first-order valence-electron chi connectivity index (χ1n) is 5.01. The Balaban J connectivity index is 2.94. The predicted octanol–water partition coefficient (Wildman–Crippen LogP) is 3.34. The Morgan fingerprint density at radius 3 is 2.18 bits per heavy atom. The topological polar surface area (TPSA) is 26.3 Å². The van der Waals surface area contributed by atoms with Gasteiger partial charge in [0.25, 0.3) is 0 Å². The van der Waals surface area contributed by atoms with Crippen molar-refractivity contribution in [1.29, 1.82) is 0 Å². The molecule has 94 valence electrons. The maximum absolute atomic E-state index is 13.1. The third kappa shape index (κ3) is 3.18. The van der Waals surface area contributed by atoms with Crippen molar-refractivity contribution in [3.8, 4) is 5.75 Å². The molecule has 6 heteroatoms. The Bertz CT molecular complexity index is 406. The van der Waals surface area contributed by atoms with E-state index in [1.165, 1.54) is 0 Å². The summed E-state index contributed by atoms with van der Waals surface area (Å²) in [6.07, 6.45) is 1.06. The van der Waals surface area contributed by atoms with Gasteiger partial charge in [-0.2, -0.15) is 8.78 Å². The SMILES string of the molecule is CCCCC(=O)Oc1c(F)c(F)cc(F)c1F. The zero-order chi connectivity index (χ0) is 13.0. The second-order valence-corrected chi connectivity index (χ2v) is 3.37. The molecular formula is C11H10F4O2. The molecule has 0 saturated heterocycles. The molecule has 0 unspecified atom stereocenters. The monoisotopic (exact) mass is 250 g/mol. The second-order valence-electron chi connectivity index (χ2n) is 3.37. The van der Waals surface area contributed by atoms with Gasteiger partial charge in [-0.25, -0.2) is 8.78 Å². The van der Waals surface area contributed by atoms with Crippen molar-refractivity contribution >= 4 is 5.97 Å². The van der Waals surface area contributed by atoms with Crippen LogP contribution in [0, 0.1) is 23.3 Å². The first-order valence-corrected chi connectivity index (χ1v) is 5.01. The highest BCUT2D eigenvalue weighted by Crippen LogP contribution is 2.26. The van der Waals surface area contributed by atoms with Gasteiger partial charge in [0.05, 0.1) is 0 Å². The largest absolute Gasteiger partial charge is 0.420 e. The molecule has 0 aliphatic carbocycles. The van der Waals surface area contributed by atoms with Crippen LogP contribution in [0.4, 0.5) is 17.6 Å². The van der Waals surface area contributed by atoms with Crippen LogP contribution in [0.5, 0.6) is 5.75 Å². The highest BCUT2D eigenvalue weighted by atomic mass is 19.2. The highest BCUT2D eigenvalue weighted by molar-refractivity contribution is 5.72. The lowest BCUT2D eigenvalue weighted by Crippen LogP contribution is -2.11. The summed E-state index contributed by atoms with van der Waals surface area (Å²) in [4.78, 5) is 11.1. The van der Waals surface area contributed by atoms with Crippen molar-refractivity contribution in [3.05, 3.63) is 29.3 Å². The van der Waals surface area contributed by atoms with Gasteiger partial charge in [0, 0.05) is 12.5 Å². The average Bonchev–Trinajstić information content (AvgIpc) is 2.29. The number of ether oxygens (including phenoxy) is 1. The van der Waals surface area contributed by atoms with Crippen LogP contribution in [0.3, 0.4) is 0 Å². The first-order chi connectivity index (χ1) is 7.97. The van der Waals surface area contributed by atoms with Gasteiger partial charge in [0.2, 0.25) is 17.4 Å². The van der Waals surface area contributed by atoms with Crippen molar-refractivity contribution in [2.24, 2.45) is 0 Å². The summed E-state index contributed by atoms with van der Waals surface area (Å²) in [6, 6.07) is 0.0496. The van der Waals surface area contributed by atoms with Crippen molar-refractivity contribution in [1.82, 2.24) is 0 Å². The fourth-order valence-corrected chi connectivity index (χ4v) is 1.13. The average molecular weight is 250 g/mol. The number of carbonyl (C=O) groups is 1. The lowest BCUT2D eigenvalue weighted by molar-refractivity contribution is -0.134. The van der Waals surface area contributed by atoms with Gasteiger partial charge < -0.3 is 4.74 Å². The summed E-state index contributed by atoms with van der Waals surface area (Å²) in [6.45, 7) is 1.80. The van der Waals surface area contributed by atoms with Crippen LogP contribution in [0.1, 0.15) is 26.2 Å².